The highest BCUT2D eigenvalue weighted by Crippen LogP contribution is 2.36. The Morgan fingerprint density at radius 2 is 2.09 bits per heavy atom. The van der Waals surface area contributed by atoms with Crippen LogP contribution < -0.4 is 15.0 Å². The standard InChI is InChI=1S/C21H17ClF3N7O2/c1-2-15(33)31-7-11-5-10(31)8-32(11)21-26-6-13-18(30-21)19(28-9-27-13)29-12-3-4-14(34-20(24)25)16(22)17(12)23/h2-4,6,9-11,20H,1,5,7-8H2,(H,27,28,29)/t10-,11-/m0/s1. The number of benzene rings is 1. The zero-order chi connectivity index (χ0) is 24.0. The van der Waals surface area contributed by atoms with E-state index in [-0.39, 0.29) is 29.5 Å². The molecule has 0 unspecified atom stereocenters. The number of nitrogens with zero attached hydrogens (tertiary/aromatic N) is 6. The van der Waals surface area contributed by atoms with E-state index in [9.17, 15) is 18.0 Å². The van der Waals surface area contributed by atoms with Crippen molar-refractivity contribution >= 4 is 46.0 Å². The second kappa shape index (κ2) is 8.60. The Labute approximate surface area is 196 Å². The number of ether oxygens (including phenoxy) is 1. The van der Waals surface area contributed by atoms with Gasteiger partial charge < -0.3 is 19.9 Å². The third-order valence-electron chi connectivity index (χ3n) is 5.84. The van der Waals surface area contributed by atoms with E-state index in [1.54, 1.807) is 4.90 Å². The fourth-order valence-electron chi connectivity index (χ4n) is 4.32. The van der Waals surface area contributed by atoms with Gasteiger partial charge in [-0.05, 0) is 24.6 Å². The van der Waals surface area contributed by atoms with Crippen LogP contribution in [0, 0.1) is 5.82 Å². The van der Waals surface area contributed by atoms with Crippen LogP contribution in [0.1, 0.15) is 6.42 Å². The first-order valence-corrected chi connectivity index (χ1v) is 10.6. The minimum absolute atomic E-state index is 0.0460. The molecule has 1 N–H and O–H groups in total. The molecule has 0 aliphatic carbocycles. The number of fused-ring (bicyclic) bond motifs is 3. The van der Waals surface area contributed by atoms with Gasteiger partial charge in [0, 0.05) is 13.1 Å². The first-order chi connectivity index (χ1) is 16.4. The number of hydrogen-bond donors (Lipinski definition) is 1. The van der Waals surface area contributed by atoms with Crippen LogP contribution in [0.5, 0.6) is 5.75 Å². The fourth-order valence-corrected chi connectivity index (χ4v) is 4.53. The average molecular weight is 492 g/mol. The number of aromatic nitrogens is 4. The number of carbonyl (C=O) groups excluding carboxylic acids is 1. The van der Waals surface area contributed by atoms with Crippen molar-refractivity contribution in [3.8, 4) is 5.75 Å². The van der Waals surface area contributed by atoms with Crippen molar-refractivity contribution in [1.82, 2.24) is 24.8 Å². The number of amides is 1. The molecule has 2 saturated heterocycles. The van der Waals surface area contributed by atoms with Crippen LogP contribution in [0.15, 0.2) is 37.3 Å². The molecule has 2 aliphatic heterocycles. The highest BCUT2D eigenvalue weighted by Gasteiger charge is 2.45. The summed E-state index contributed by atoms with van der Waals surface area (Å²) in [6, 6.07) is 2.44. The molecule has 5 rings (SSSR count). The van der Waals surface area contributed by atoms with Crippen molar-refractivity contribution in [2.45, 2.75) is 25.1 Å². The lowest BCUT2D eigenvalue weighted by Gasteiger charge is -2.33. The minimum Gasteiger partial charge on any atom is -0.433 e. The number of halogens is 4. The molecule has 2 aliphatic rings. The first-order valence-electron chi connectivity index (χ1n) is 10.2. The molecule has 0 saturated carbocycles. The van der Waals surface area contributed by atoms with Gasteiger partial charge in [0.15, 0.2) is 11.6 Å². The zero-order valence-corrected chi connectivity index (χ0v) is 18.2. The summed E-state index contributed by atoms with van der Waals surface area (Å²) in [5.74, 6) is -0.951. The topological polar surface area (TPSA) is 96.4 Å². The second-order valence-electron chi connectivity index (χ2n) is 7.76. The van der Waals surface area contributed by atoms with Crippen LogP contribution in [0.2, 0.25) is 5.02 Å². The number of alkyl halides is 2. The van der Waals surface area contributed by atoms with Gasteiger partial charge in [0.2, 0.25) is 11.9 Å². The van der Waals surface area contributed by atoms with E-state index < -0.39 is 23.2 Å². The monoisotopic (exact) mass is 491 g/mol. The van der Waals surface area contributed by atoms with E-state index in [1.165, 1.54) is 24.7 Å². The Balaban J connectivity index is 1.43. The van der Waals surface area contributed by atoms with E-state index in [0.717, 1.165) is 12.5 Å². The molecule has 4 heterocycles. The molecule has 2 aromatic heterocycles. The molecule has 0 radical (unpaired) electrons. The molecular formula is C21H17ClF3N7O2. The van der Waals surface area contributed by atoms with Gasteiger partial charge in [-0.25, -0.2) is 24.3 Å². The van der Waals surface area contributed by atoms with Crippen molar-refractivity contribution in [1.29, 1.82) is 0 Å². The molecular weight excluding hydrogens is 475 g/mol. The van der Waals surface area contributed by atoms with Crippen molar-refractivity contribution in [3.05, 3.63) is 48.2 Å². The van der Waals surface area contributed by atoms with Gasteiger partial charge in [-0.1, -0.05) is 18.2 Å². The van der Waals surface area contributed by atoms with Gasteiger partial charge in [0.1, 0.15) is 28.1 Å². The molecule has 34 heavy (non-hydrogen) atoms. The van der Waals surface area contributed by atoms with Gasteiger partial charge in [-0.15, -0.1) is 0 Å². The molecule has 1 amide bonds. The van der Waals surface area contributed by atoms with Crippen LogP contribution in [0.25, 0.3) is 11.0 Å². The Hall–Kier alpha value is -3.67. The number of hydrogen-bond acceptors (Lipinski definition) is 8. The molecule has 1 aromatic carbocycles. The van der Waals surface area contributed by atoms with E-state index in [4.69, 9.17) is 11.6 Å². The van der Waals surface area contributed by atoms with Crippen LogP contribution in [0.4, 0.5) is 30.6 Å². The normalized spacial score (nSPS) is 19.2. The Bertz CT molecular complexity index is 1290. The second-order valence-corrected chi connectivity index (χ2v) is 8.14. The van der Waals surface area contributed by atoms with Gasteiger partial charge >= 0.3 is 6.61 Å². The number of anilines is 3. The third-order valence-corrected chi connectivity index (χ3v) is 6.19. The summed E-state index contributed by atoms with van der Waals surface area (Å²) in [6.07, 6.45) is 4.91. The summed E-state index contributed by atoms with van der Waals surface area (Å²) in [4.78, 5) is 33.1. The molecule has 2 atom stereocenters. The number of nitrogens with one attached hydrogen (secondary N) is 1. The van der Waals surface area contributed by atoms with Crippen LogP contribution >= 0.6 is 11.6 Å². The Kier molecular flexibility index (Phi) is 5.60. The summed E-state index contributed by atoms with van der Waals surface area (Å²) in [5.41, 5.74) is 0.640. The number of rotatable bonds is 6. The maximum absolute atomic E-state index is 14.7. The molecule has 0 spiro atoms. The van der Waals surface area contributed by atoms with Gasteiger partial charge in [-0.3, -0.25) is 4.79 Å². The SMILES string of the molecule is C=CC(=O)N1C[C@@H]2C[C@H]1CN2c1ncc2ncnc(Nc3ccc(OC(F)F)c(Cl)c3F)c2n1. The molecule has 176 valence electrons. The number of carbonyl (C=O) groups is 1. The summed E-state index contributed by atoms with van der Waals surface area (Å²) in [6.45, 7) is 1.53. The minimum atomic E-state index is -3.14. The van der Waals surface area contributed by atoms with E-state index in [1.807, 2.05) is 4.90 Å². The largest absolute Gasteiger partial charge is 0.433 e. The quantitative estimate of drug-likeness (QED) is 0.523. The summed E-state index contributed by atoms with van der Waals surface area (Å²) in [7, 11) is 0. The maximum atomic E-state index is 14.7. The predicted molar refractivity (Wildman–Crippen MR) is 118 cm³/mol. The Morgan fingerprint density at radius 1 is 1.26 bits per heavy atom. The molecule has 2 bridgehead atoms. The van der Waals surface area contributed by atoms with Crippen molar-refractivity contribution in [2.24, 2.45) is 0 Å². The maximum Gasteiger partial charge on any atom is 0.387 e. The van der Waals surface area contributed by atoms with E-state index in [2.05, 4.69) is 36.6 Å². The van der Waals surface area contributed by atoms with Crippen molar-refractivity contribution in [2.75, 3.05) is 23.3 Å². The number of likely N-dealkylation sites (tertiary alicyclic amines) is 1. The predicted octanol–water partition coefficient (Wildman–Crippen LogP) is 3.53. The lowest BCUT2D eigenvalue weighted by Crippen LogP contribution is -2.48. The summed E-state index contributed by atoms with van der Waals surface area (Å²) < 4.78 is 43.9. The highest BCUT2D eigenvalue weighted by atomic mass is 35.5. The molecule has 2 fully saturated rings. The lowest BCUT2D eigenvalue weighted by molar-refractivity contribution is -0.127. The molecule has 3 aromatic rings. The van der Waals surface area contributed by atoms with Gasteiger partial charge in [0.25, 0.3) is 0 Å². The van der Waals surface area contributed by atoms with Crippen LogP contribution in [-0.4, -0.2) is 62.5 Å². The lowest BCUT2D eigenvalue weighted by atomic mass is 10.2. The van der Waals surface area contributed by atoms with E-state index >= 15 is 0 Å². The molecule has 9 nitrogen and oxygen atoms in total. The van der Waals surface area contributed by atoms with Gasteiger partial charge in [0.05, 0.1) is 24.0 Å². The van der Waals surface area contributed by atoms with Gasteiger partial charge in [-0.2, -0.15) is 8.78 Å². The van der Waals surface area contributed by atoms with Crippen molar-refractivity contribution in [3.63, 3.8) is 0 Å². The molecule has 13 heteroatoms. The van der Waals surface area contributed by atoms with E-state index in [0.29, 0.717) is 30.1 Å². The third kappa shape index (κ3) is 3.83. The highest BCUT2D eigenvalue weighted by molar-refractivity contribution is 6.32. The van der Waals surface area contributed by atoms with Crippen molar-refractivity contribution < 1.29 is 22.7 Å². The fraction of sp³-hybridized carbons (Fsp3) is 0.286. The summed E-state index contributed by atoms with van der Waals surface area (Å²) >= 11 is 5.85. The summed E-state index contributed by atoms with van der Waals surface area (Å²) in [5, 5.41) is 2.20. The smallest absolute Gasteiger partial charge is 0.387 e. The number of piperazine rings is 1. The average Bonchev–Trinajstić information content (AvgIpc) is 3.44. The first kappa shape index (κ1) is 22.1. The zero-order valence-electron chi connectivity index (χ0n) is 17.5. The van der Waals surface area contributed by atoms with Crippen LogP contribution in [0.3, 0.4) is 0 Å². The Morgan fingerprint density at radius 3 is 2.79 bits per heavy atom. The van der Waals surface area contributed by atoms with Crippen LogP contribution in [-0.2, 0) is 4.79 Å².